The molecule has 320 valence electrons. The van der Waals surface area contributed by atoms with Crippen LogP contribution >= 0.6 is 0 Å². The van der Waals surface area contributed by atoms with Gasteiger partial charge in [0.05, 0.1) is 172 Å². The zero-order chi connectivity index (χ0) is 39.3. The van der Waals surface area contributed by atoms with Gasteiger partial charge in [-0.1, -0.05) is 6.92 Å². The summed E-state index contributed by atoms with van der Waals surface area (Å²) in [6, 6.07) is 0. The fraction of sp³-hybridized carbons (Fsp3) is 0.941. The number of carbonyl (C=O) groups is 2. The molecule has 1 atom stereocenters. The van der Waals surface area contributed by atoms with Crippen LogP contribution in [0.3, 0.4) is 0 Å². The zero-order valence-corrected chi connectivity index (χ0v) is 33.1. The Balaban J connectivity index is 1.14. The molecule has 0 saturated carbocycles. The second-order valence-corrected chi connectivity index (χ2v) is 12.0. The summed E-state index contributed by atoms with van der Waals surface area (Å²) in [7, 11) is 1.38. The van der Waals surface area contributed by atoms with Crippen LogP contribution < -0.4 is 5.32 Å². The van der Waals surface area contributed by atoms with Crippen LogP contribution in [0, 0.1) is 5.92 Å². The maximum atomic E-state index is 12.2. The van der Waals surface area contributed by atoms with Crippen LogP contribution in [0.2, 0.25) is 0 Å². The molecule has 55 heavy (non-hydrogen) atoms. The SMILES string of the molecule is CCC(CCC(=O)OC)C(=O)NCCOCCOCCOCCOCCOCCOCCOCCOCCOCCOCCOCCON(B1CO1)B1CO1. The monoisotopic (exact) mass is 796 g/mol. The van der Waals surface area contributed by atoms with Crippen molar-refractivity contribution in [2.24, 2.45) is 5.92 Å². The summed E-state index contributed by atoms with van der Waals surface area (Å²) in [5.74, 6) is -0.593. The van der Waals surface area contributed by atoms with Crippen molar-refractivity contribution >= 4 is 26.0 Å². The number of carbonyl (C=O) groups excluding carboxylic acids is 2. The molecule has 0 spiro atoms. The largest absolute Gasteiger partial charge is 0.469 e. The van der Waals surface area contributed by atoms with Gasteiger partial charge in [0.25, 0.3) is 0 Å². The molecule has 2 saturated heterocycles. The van der Waals surface area contributed by atoms with E-state index in [1.165, 1.54) is 7.11 Å². The predicted octanol–water partition coefficient (Wildman–Crippen LogP) is -0.387. The number of ether oxygens (including phenoxy) is 12. The molecule has 21 heteroatoms. The summed E-state index contributed by atoms with van der Waals surface area (Å²) in [5, 5.41) is 2.84. The highest BCUT2D eigenvalue weighted by molar-refractivity contribution is 6.73. The number of nitrogens with one attached hydrogen (secondary N) is 1. The number of rotatable bonds is 44. The van der Waals surface area contributed by atoms with Crippen molar-refractivity contribution < 1.29 is 80.6 Å². The molecule has 0 aromatic rings. The Labute approximate surface area is 327 Å². The van der Waals surface area contributed by atoms with Gasteiger partial charge >= 0.3 is 20.1 Å². The average Bonchev–Trinajstić information content (AvgIpc) is 4.14. The third-order valence-corrected chi connectivity index (χ3v) is 7.72. The summed E-state index contributed by atoms with van der Waals surface area (Å²) in [5.41, 5.74) is 0. The molecule has 1 unspecified atom stereocenters. The van der Waals surface area contributed by atoms with Crippen LogP contribution in [0.15, 0.2) is 0 Å². The Hall–Kier alpha value is -1.53. The quantitative estimate of drug-likeness (QED) is 0.0275. The van der Waals surface area contributed by atoms with Crippen molar-refractivity contribution in [2.75, 3.05) is 179 Å². The molecule has 2 aliphatic rings. The first kappa shape index (κ1) is 49.6. The molecule has 2 heterocycles. The van der Waals surface area contributed by atoms with Gasteiger partial charge in [0.2, 0.25) is 5.91 Å². The van der Waals surface area contributed by atoms with Gasteiger partial charge in [-0.15, -0.1) is 0 Å². The Kier molecular flexibility index (Phi) is 33.2. The smallest absolute Gasteiger partial charge is 0.422 e. The lowest BCUT2D eigenvalue weighted by Crippen LogP contribution is -2.37. The molecule has 0 aromatic carbocycles. The lowest BCUT2D eigenvalue weighted by atomic mass is 9.81. The van der Waals surface area contributed by atoms with Crippen LogP contribution in [0.25, 0.3) is 0 Å². The van der Waals surface area contributed by atoms with E-state index >= 15 is 0 Å². The standard InChI is InChI=1S/C34H66B2N2O17/c1-3-32(4-5-33(39)41-2)34(40)37-6-7-42-8-9-43-10-11-44-12-13-45-14-15-46-16-17-47-18-19-48-20-21-49-22-23-50-24-25-51-26-27-52-28-29-55-38(35-30-53-35)36-31-54-36/h32H,3-31H2,1-2H3,(H,37,40). The second kappa shape index (κ2) is 36.8. The van der Waals surface area contributed by atoms with E-state index in [1.807, 2.05) is 6.92 Å². The summed E-state index contributed by atoms with van der Waals surface area (Å²) in [6.45, 7) is 14.6. The first-order valence-corrected chi connectivity index (χ1v) is 19.5. The second-order valence-electron chi connectivity index (χ2n) is 12.0. The third-order valence-electron chi connectivity index (χ3n) is 7.72. The highest BCUT2D eigenvalue weighted by atomic mass is 16.7. The Morgan fingerprint density at radius 2 is 0.855 bits per heavy atom. The minimum absolute atomic E-state index is 0.0189. The Bertz CT molecular complexity index is 886. The van der Waals surface area contributed by atoms with Gasteiger partial charge in [-0.25, -0.2) is 4.89 Å². The lowest BCUT2D eigenvalue weighted by molar-refractivity contribution is -0.141. The van der Waals surface area contributed by atoms with Gasteiger partial charge < -0.3 is 76.3 Å². The number of nitrogens with zero attached hydrogens (tertiary/aromatic N) is 1. The average molecular weight is 797 g/mol. The summed E-state index contributed by atoms with van der Waals surface area (Å²) in [4.78, 5) is 30.8. The van der Waals surface area contributed by atoms with Crippen molar-refractivity contribution in [3.8, 4) is 0 Å². The van der Waals surface area contributed by atoms with E-state index in [2.05, 4.69) is 10.1 Å². The molecule has 19 nitrogen and oxygen atoms in total. The van der Waals surface area contributed by atoms with Gasteiger partial charge in [-0.2, -0.15) is 0 Å². The van der Waals surface area contributed by atoms with Crippen molar-refractivity contribution in [3.63, 3.8) is 0 Å². The van der Waals surface area contributed by atoms with Crippen molar-refractivity contribution in [2.45, 2.75) is 26.2 Å². The van der Waals surface area contributed by atoms with Gasteiger partial charge in [-0.3, -0.25) is 9.59 Å². The van der Waals surface area contributed by atoms with Crippen LogP contribution in [-0.4, -0.2) is 209 Å². The number of esters is 1. The number of methoxy groups -OCH3 is 1. The van der Waals surface area contributed by atoms with Crippen LogP contribution in [0.5, 0.6) is 0 Å². The van der Waals surface area contributed by atoms with Crippen LogP contribution in [0.4, 0.5) is 0 Å². The van der Waals surface area contributed by atoms with E-state index in [0.717, 1.165) is 0 Å². The first-order chi connectivity index (χ1) is 27.2. The molecule has 2 rings (SSSR count). The molecule has 1 N–H and O–H groups in total. The molecule has 0 aliphatic carbocycles. The minimum Gasteiger partial charge on any atom is -0.469 e. The topological polar surface area (TPSA) is 194 Å². The number of amides is 1. The fourth-order valence-electron chi connectivity index (χ4n) is 4.54. The lowest BCUT2D eigenvalue weighted by Gasteiger charge is -2.14. The van der Waals surface area contributed by atoms with Crippen LogP contribution in [0.1, 0.15) is 26.2 Å². The maximum absolute atomic E-state index is 12.2. The predicted molar refractivity (Wildman–Crippen MR) is 198 cm³/mol. The van der Waals surface area contributed by atoms with E-state index in [1.54, 1.807) is 4.89 Å². The summed E-state index contributed by atoms with van der Waals surface area (Å²) in [6.07, 6.45) is 1.37. The van der Waals surface area contributed by atoms with E-state index in [-0.39, 0.29) is 38.3 Å². The molecular formula is C34H66B2N2O17. The molecule has 0 radical (unpaired) electrons. The molecule has 0 aromatic heterocycles. The zero-order valence-electron chi connectivity index (χ0n) is 33.1. The molecule has 0 bridgehead atoms. The third kappa shape index (κ3) is 31.2. The molecular weight excluding hydrogens is 730 g/mol. The molecule has 2 aliphatic heterocycles. The number of hydrogen-bond acceptors (Lipinski definition) is 18. The van der Waals surface area contributed by atoms with Gasteiger partial charge in [0, 0.05) is 18.9 Å². The maximum Gasteiger partial charge on any atom is 0.422 e. The Morgan fingerprint density at radius 3 is 1.15 bits per heavy atom. The first-order valence-electron chi connectivity index (χ1n) is 19.5. The van der Waals surface area contributed by atoms with E-state index in [4.69, 9.17) is 66.3 Å². The molecule has 2 fully saturated rings. The highest BCUT2D eigenvalue weighted by Crippen LogP contribution is 2.19. The molecule has 1 amide bonds. The Morgan fingerprint density at radius 1 is 0.545 bits per heavy atom. The van der Waals surface area contributed by atoms with Crippen molar-refractivity contribution in [1.29, 1.82) is 0 Å². The summed E-state index contributed by atoms with van der Waals surface area (Å²) >= 11 is 0. The summed E-state index contributed by atoms with van der Waals surface area (Å²) < 4.78 is 75.4. The minimum atomic E-state index is -0.307. The normalized spacial score (nSPS) is 14.2. The fourth-order valence-corrected chi connectivity index (χ4v) is 4.54. The van der Waals surface area contributed by atoms with E-state index in [9.17, 15) is 9.59 Å². The van der Waals surface area contributed by atoms with Crippen LogP contribution in [-0.2, 0) is 80.6 Å². The van der Waals surface area contributed by atoms with Crippen molar-refractivity contribution in [1.82, 2.24) is 10.2 Å². The van der Waals surface area contributed by atoms with Gasteiger partial charge in [-0.05, 0) is 12.8 Å². The van der Waals surface area contributed by atoms with E-state index in [0.29, 0.717) is 184 Å². The van der Waals surface area contributed by atoms with Gasteiger partial charge in [0.15, 0.2) is 0 Å². The van der Waals surface area contributed by atoms with Gasteiger partial charge in [0.1, 0.15) is 0 Å². The highest BCUT2D eigenvalue weighted by Gasteiger charge is 2.51. The van der Waals surface area contributed by atoms with E-state index < -0.39 is 0 Å². The van der Waals surface area contributed by atoms with Crippen molar-refractivity contribution in [3.05, 3.63) is 0 Å². The number of hydrogen-bond donors (Lipinski definition) is 1.